The maximum absolute atomic E-state index is 10.2. The molecule has 2 nitrogen and oxygen atoms in total. The van der Waals surface area contributed by atoms with E-state index in [1.807, 2.05) is 0 Å². The van der Waals surface area contributed by atoms with Gasteiger partial charge >= 0.3 is 15.7 Å². The molecule has 0 rings (SSSR count). The number of hydrogen-bond acceptors (Lipinski definition) is 2. The zero-order valence-electron chi connectivity index (χ0n) is 4.31. The summed E-state index contributed by atoms with van der Waals surface area (Å²) in [5.41, 5.74) is 0.694. The third-order valence-corrected chi connectivity index (χ3v) is 1.33. The van der Waals surface area contributed by atoms with Gasteiger partial charge in [-0.05, 0) is 5.67 Å². The molecule has 0 aromatic heterocycles. The molecule has 0 atom stereocenters. The van der Waals surface area contributed by atoms with E-state index in [2.05, 4.69) is 21.2 Å². The molecular formula is C4H5O2Si2. The van der Waals surface area contributed by atoms with Gasteiger partial charge in [0.15, 0.2) is 0 Å². The summed E-state index contributed by atoms with van der Waals surface area (Å²) < 4.78 is 4.56. The molecule has 0 saturated carbocycles. The first-order valence-electron chi connectivity index (χ1n) is 2.02. The topological polar surface area (TPSA) is 26.3 Å². The van der Waals surface area contributed by atoms with Crippen LogP contribution in [0.4, 0.5) is 0 Å². The quantitative estimate of drug-likeness (QED) is 0.404. The predicted octanol–water partition coefficient (Wildman–Crippen LogP) is -0.121. The fourth-order valence-corrected chi connectivity index (χ4v) is 0.663. The summed E-state index contributed by atoms with van der Waals surface area (Å²) in [6, 6.07) is 0. The normalized spacial score (nSPS) is 8.12. The van der Waals surface area contributed by atoms with Crippen LogP contribution in [-0.4, -0.2) is 26.0 Å². The largest absolute Gasteiger partial charge is 0.514 e. The lowest BCUT2D eigenvalue weighted by molar-refractivity contribution is -0.128. The molecule has 0 spiro atoms. The minimum atomic E-state index is -0.360. The maximum atomic E-state index is 10.2. The Bertz CT molecular complexity index is 92.0. The van der Waals surface area contributed by atoms with Crippen LogP contribution in [0.15, 0.2) is 12.7 Å². The van der Waals surface area contributed by atoms with Crippen LogP contribution in [-0.2, 0) is 9.22 Å². The summed E-state index contributed by atoms with van der Waals surface area (Å²) in [4.78, 5) is 10.2. The zero-order valence-corrected chi connectivity index (χ0v) is 6.31. The molecule has 0 bridgehead atoms. The van der Waals surface area contributed by atoms with Crippen LogP contribution in [0.5, 0.6) is 0 Å². The third-order valence-electron chi connectivity index (χ3n) is 0.412. The lowest BCUT2D eigenvalue weighted by atomic mass is 10.7. The van der Waals surface area contributed by atoms with E-state index in [1.165, 1.54) is 0 Å². The summed E-state index contributed by atoms with van der Waals surface area (Å²) in [5.74, 6) is -0.360. The highest BCUT2D eigenvalue weighted by Crippen LogP contribution is 1.76. The third kappa shape index (κ3) is 3.82. The van der Waals surface area contributed by atoms with Crippen molar-refractivity contribution in [1.29, 1.82) is 0 Å². The molecule has 0 heterocycles. The first-order valence-corrected chi connectivity index (χ1v) is 3.84. The lowest BCUT2D eigenvalue weighted by Crippen LogP contribution is -2.04. The summed E-state index contributed by atoms with van der Waals surface area (Å²) >= 11 is 0. The number of hydrogen-bond donors (Lipinski definition) is 0. The van der Waals surface area contributed by atoms with Gasteiger partial charge < -0.3 is 4.43 Å². The highest BCUT2D eigenvalue weighted by atomic mass is 28.3. The van der Waals surface area contributed by atoms with Crippen molar-refractivity contribution >= 4 is 26.0 Å². The van der Waals surface area contributed by atoms with E-state index in [0.717, 1.165) is 6.08 Å². The van der Waals surface area contributed by atoms with E-state index in [4.69, 9.17) is 0 Å². The Balaban J connectivity index is 3.11. The molecule has 0 saturated heterocycles. The van der Waals surface area contributed by atoms with Gasteiger partial charge in [-0.1, -0.05) is 6.58 Å². The van der Waals surface area contributed by atoms with Gasteiger partial charge in [-0.15, -0.1) is 0 Å². The van der Waals surface area contributed by atoms with E-state index in [1.54, 1.807) is 0 Å². The molecule has 0 amide bonds. The highest BCUT2D eigenvalue weighted by Gasteiger charge is 1.92. The fraction of sp³-hybridized carbons (Fsp3) is 0.250. The van der Waals surface area contributed by atoms with E-state index in [-0.39, 0.29) is 15.7 Å². The Morgan fingerprint density at radius 2 is 2.62 bits per heavy atom. The molecular weight excluding hydrogens is 136 g/mol. The van der Waals surface area contributed by atoms with Crippen LogP contribution in [0, 0.1) is 0 Å². The van der Waals surface area contributed by atoms with Crippen molar-refractivity contribution < 1.29 is 9.22 Å². The Labute approximate surface area is 54.3 Å². The fourth-order valence-electron chi connectivity index (χ4n) is 0.149. The highest BCUT2D eigenvalue weighted by molar-refractivity contribution is 6.43. The van der Waals surface area contributed by atoms with E-state index in [0.29, 0.717) is 5.67 Å². The van der Waals surface area contributed by atoms with Gasteiger partial charge in [0.25, 0.3) is 0 Å². The molecule has 4 heteroatoms. The summed E-state index contributed by atoms with van der Waals surface area (Å²) in [6.45, 7) is 3.23. The Kier molecular flexibility index (Phi) is 4.58. The van der Waals surface area contributed by atoms with Gasteiger partial charge in [0, 0.05) is 16.3 Å². The van der Waals surface area contributed by atoms with Gasteiger partial charge in [0.2, 0.25) is 0 Å². The number of rotatable bonds is 3. The van der Waals surface area contributed by atoms with E-state index >= 15 is 0 Å². The Morgan fingerprint density at radius 1 is 2.00 bits per heavy atom. The van der Waals surface area contributed by atoms with Gasteiger partial charge in [-0.3, -0.25) is 0 Å². The minimum absolute atomic E-state index is 0.195. The first-order chi connectivity index (χ1) is 3.81. The average molecular weight is 141 g/mol. The van der Waals surface area contributed by atoms with Crippen molar-refractivity contribution in [1.82, 2.24) is 0 Å². The van der Waals surface area contributed by atoms with E-state index < -0.39 is 0 Å². The maximum Gasteiger partial charge on any atom is 0.316 e. The van der Waals surface area contributed by atoms with Crippen LogP contribution in [0.1, 0.15) is 0 Å². The van der Waals surface area contributed by atoms with Gasteiger partial charge in [0.05, 0.1) is 0 Å². The summed E-state index contributed by atoms with van der Waals surface area (Å²) in [6.07, 6.45) is 1.15. The van der Waals surface area contributed by atoms with Crippen molar-refractivity contribution in [2.45, 2.75) is 5.67 Å². The second-order valence-corrected chi connectivity index (χ2v) is 2.85. The lowest BCUT2D eigenvalue weighted by Gasteiger charge is -1.92. The first kappa shape index (κ1) is 7.64. The second kappa shape index (κ2) is 4.79. The van der Waals surface area contributed by atoms with Gasteiger partial charge in [0.1, 0.15) is 0 Å². The molecule has 5 radical (unpaired) electrons. The van der Waals surface area contributed by atoms with Crippen LogP contribution >= 0.6 is 0 Å². The minimum Gasteiger partial charge on any atom is -0.514 e. The van der Waals surface area contributed by atoms with E-state index in [9.17, 15) is 4.79 Å². The molecule has 0 unspecified atom stereocenters. The standard InChI is InChI=1S/C4H5O2Si2/c1-2-4(5)6-8-3-7/h2H,1,3H2. The zero-order chi connectivity index (χ0) is 6.41. The summed E-state index contributed by atoms with van der Waals surface area (Å²) in [7, 11) is 3.35. The van der Waals surface area contributed by atoms with Crippen molar-refractivity contribution in [2.24, 2.45) is 0 Å². The van der Waals surface area contributed by atoms with Crippen LogP contribution in [0.25, 0.3) is 0 Å². The molecule has 41 valence electrons. The molecule has 8 heavy (non-hydrogen) atoms. The number of carbonyl (C=O) groups is 1. The molecule has 0 aliphatic rings. The van der Waals surface area contributed by atoms with Crippen molar-refractivity contribution in [3.8, 4) is 0 Å². The molecule has 0 fully saturated rings. The second-order valence-electron chi connectivity index (χ2n) is 0.946. The van der Waals surface area contributed by atoms with Crippen molar-refractivity contribution in [3.05, 3.63) is 12.7 Å². The molecule has 0 aromatic carbocycles. The van der Waals surface area contributed by atoms with Crippen LogP contribution in [0.2, 0.25) is 5.67 Å². The van der Waals surface area contributed by atoms with Gasteiger partial charge in [-0.25, -0.2) is 4.79 Å². The van der Waals surface area contributed by atoms with Crippen LogP contribution < -0.4 is 0 Å². The van der Waals surface area contributed by atoms with Crippen molar-refractivity contribution in [2.75, 3.05) is 0 Å². The average Bonchev–Trinajstić information content (AvgIpc) is 1.83. The van der Waals surface area contributed by atoms with Crippen molar-refractivity contribution in [3.63, 3.8) is 0 Å². The molecule has 0 aliphatic heterocycles. The predicted molar refractivity (Wildman–Crippen MR) is 32.6 cm³/mol. The van der Waals surface area contributed by atoms with Gasteiger partial charge in [-0.2, -0.15) is 0 Å². The Morgan fingerprint density at radius 3 is 3.00 bits per heavy atom. The molecule has 0 aliphatic carbocycles. The Hall–Kier alpha value is -0.356. The van der Waals surface area contributed by atoms with Crippen LogP contribution in [0.3, 0.4) is 0 Å². The smallest absolute Gasteiger partial charge is 0.316 e. The SMILES string of the molecule is C=CC(=O)O[Si]C[Si]. The number of carbonyl (C=O) groups excluding carboxylic acids is 1. The summed E-state index contributed by atoms with van der Waals surface area (Å²) in [5, 5.41) is 0. The molecule has 0 aromatic rings. The molecule has 0 N–H and O–H groups in total. The monoisotopic (exact) mass is 141 g/mol.